The fourth-order valence-electron chi connectivity index (χ4n) is 3.77. The molecule has 0 saturated carbocycles. The number of esters is 1. The third-order valence-corrected chi connectivity index (χ3v) is 5.67. The Morgan fingerprint density at radius 3 is 2.44 bits per heavy atom. The highest BCUT2D eigenvalue weighted by Gasteiger charge is 2.22. The van der Waals surface area contributed by atoms with Crippen molar-refractivity contribution in [3.63, 3.8) is 0 Å². The normalized spacial score (nSPS) is 14.1. The van der Waals surface area contributed by atoms with Crippen molar-refractivity contribution < 1.29 is 23.6 Å². The monoisotopic (exact) mass is 481 g/mol. The Morgan fingerprint density at radius 1 is 0.972 bits per heavy atom. The summed E-state index contributed by atoms with van der Waals surface area (Å²) < 4.78 is 16.6. The molecular formula is C28H19NO7. The maximum absolute atomic E-state index is 12.5. The Kier molecular flexibility index (Phi) is 5.92. The van der Waals surface area contributed by atoms with E-state index in [0.717, 1.165) is 16.7 Å². The maximum atomic E-state index is 12.5. The molecule has 1 aliphatic heterocycles. The first-order valence-corrected chi connectivity index (χ1v) is 11.0. The molecule has 8 heteroatoms. The number of nitrogens with zero attached hydrogens (tertiary/aromatic N) is 1. The SMILES string of the molecule is Cc1ccc(C2=C/C(=C/c3cc(=O)oc4cc(OCc5ccc([N+](=O)[O-])cc5)ccc34)C(=O)O2)cc1. The average Bonchev–Trinajstić information content (AvgIpc) is 3.23. The number of aryl methyl sites for hydroxylation is 1. The zero-order valence-electron chi connectivity index (χ0n) is 19.1. The summed E-state index contributed by atoms with van der Waals surface area (Å²) in [6.07, 6.45) is 3.25. The molecule has 0 saturated heterocycles. The highest BCUT2D eigenvalue weighted by atomic mass is 16.6. The van der Waals surface area contributed by atoms with E-state index in [1.54, 1.807) is 42.5 Å². The van der Waals surface area contributed by atoms with Crippen LogP contribution in [0.15, 0.2) is 93.7 Å². The van der Waals surface area contributed by atoms with Gasteiger partial charge in [0.15, 0.2) is 0 Å². The minimum absolute atomic E-state index is 0.000134. The molecule has 0 bridgehead atoms. The van der Waals surface area contributed by atoms with Crippen LogP contribution in [-0.4, -0.2) is 10.9 Å². The van der Waals surface area contributed by atoms with Crippen molar-refractivity contribution in [2.45, 2.75) is 13.5 Å². The van der Waals surface area contributed by atoms with Crippen LogP contribution >= 0.6 is 0 Å². The van der Waals surface area contributed by atoms with Crippen molar-refractivity contribution in [3.05, 3.63) is 127 Å². The first-order valence-electron chi connectivity index (χ1n) is 11.0. The summed E-state index contributed by atoms with van der Waals surface area (Å²) in [7, 11) is 0. The molecule has 0 fully saturated rings. The Balaban J connectivity index is 1.41. The van der Waals surface area contributed by atoms with Gasteiger partial charge in [0.05, 0.1) is 10.5 Å². The second-order valence-electron chi connectivity index (χ2n) is 8.25. The van der Waals surface area contributed by atoms with Gasteiger partial charge < -0.3 is 13.9 Å². The topological polar surface area (TPSA) is 109 Å². The molecule has 0 amide bonds. The standard InChI is InChI=1S/C28H19NO7/c1-17-2-6-19(7-3-17)25-13-21(28(31)36-25)12-20-14-27(30)35-26-15-23(10-11-24(20)26)34-16-18-4-8-22(9-5-18)29(32)33/h2-15H,16H2,1H3/b21-12-. The number of fused-ring (bicyclic) bond motifs is 1. The first-order chi connectivity index (χ1) is 17.4. The Hall–Kier alpha value is -4.98. The third-order valence-electron chi connectivity index (χ3n) is 5.67. The number of non-ortho nitro benzene ring substituents is 1. The molecule has 4 aromatic rings. The minimum atomic E-state index is -0.573. The van der Waals surface area contributed by atoms with Gasteiger partial charge in [-0.05, 0) is 54.5 Å². The van der Waals surface area contributed by atoms with Crippen LogP contribution in [0.2, 0.25) is 0 Å². The van der Waals surface area contributed by atoms with Crippen LogP contribution in [-0.2, 0) is 16.1 Å². The number of carbonyl (C=O) groups is 1. The molecule has 0 radical (unpaired) electrons. The predicted octanol–water partition coefficient (Wildman–Crippen LogP) is 5.57. The van der Waals surface area contributed by atoms with Gasteiger partial charge >= 0.3 is 11.6 Å². The number of ether oxygens (including phenoxy) is 2. The van der Waals surface area contributed by atoms with Gasteiger partial charge in [-0.3, -0.25) is 10.1 Å². The van der Waals surface area contributed by atoms with Crippen molar-refractivity contribution in [2.75, 3.05) is 0 Å². The smallest absolute Gasteiger partial charge is 0.343 e. The molecule has 0 atom stereocenters. The van der Waals surface area contributed by atoms with E-state index in [2.05, 4.69) is 0 Å². The summed E-state index contributed by atoms with van der Waals surface area (Å²) >= 11 is 0. The average molecular weight is 481 g/mol. The molecule has 5 rings (SSSR count). The van der Waals surface area contributed by atoms with E-state index in [1.165, 1.54) is 18.2 Å². The Morgan fingerprint density at radius 2 is 1.72 bits per heavy atom. The summed E-state index contributed by atoms with van der Waals surface area (Å²) in [5.74, 6) is 0.395. The van der Waals surface area contributed by atoms with Crippen molar-refractivity contribution in [1.29, 1.82) is 0 Å². The van der Waals surface area contributed by atoms with Gasteiger partial charge in [0.1, 0.15) is 23.7 Å². The minimum Gasteiger partial charge on any atom is -0.489 e. The van der Waals surface area contributed by atoms with Gasteiger partial charge in [0, 0.05) is 35.2 Å². The molecule has 0 unspecified atom stereocenters. The van der Waals surface area contributed by atoms with Crippen LogP contribution < -0.4 is 10.4 Å². The molecule has 3 aromatic carbocycles. The zero-order chi connectivity index (χ0) is 25.2. The van der Waals surface area contributed by atoms with Crippen LogP contribution in [0.25, 0.3) is 22.8 Å². The molecule has 8 nitrogen and oxygen atoms in total. The van der Waals surface area contributed by atoms with E-state index < -0.39 is 16.5 Å². The molecule has 1 aromatic heterocycles. The van der Waals surface area contributed by atoms with E-state index in [9.17, 15) is 19.7 Å². The van der Waals surface area contributed by atoms with Crippen LogP contribution in [0.1, 0.15) is 22.3 Å². The van der Waals surface area contributed by atoms with Crippen LogP contribution in [0.3, 0.4) is 0 Å². The molecule has 178 valence electrons. The van der Waals surface area contributed by atoms with Gasteiger partial charge in [0.2, 0.25) is 0 Å². The Labute approximate surface area is 204 Å². The van der Waals surface area contributed by atoms with Crippen LogP contribution in [0.5, 0.6) is 5.75 Å². The molecule has 2 heterocycles. The van der Waals surface area contributed by atoms with Gasteiger partial charge in [0.25, 0.3) is 5.69 Å². The lowest BCUT2D eigenvalue weighted by Gasteiger charge is -2.08. The number of nitro groups is 1. The fourth-order valence-corrected chi connectivity index (χ4v) is 3.77. The predicted molar refractivity (Wildman–Crippen MR) is 133 cm³/mol. The first kappa shape index (κ1) is 22.8. The number of nitro benzene ring substituents is 1. The third kappa shape index (κ3) is 4.78. The van der Waals surface area contributed by atoms with Crippen molar-refractivity contribution in [1.82, 2.24) is 0 Å². The molecule has 1 aliphatic rings. The second-order valence-corrected chi connectivity index (χ2v) is 8.25. The lowest BCUT2D eigenvalue weighted by molar-refractivity contribution is -0.384. The lowest BCUT2D eigenvalue weighted by Crippen LogP contribution is -2.01. The number of cyclic esters (lactones) is 1. The maximum Gasteiger partial charge on any atom is 0.343 e. The number of rotatable bonds is 6. The molecule has 0 N–H and O–H groups in total. The largest absolute Gasteiger partial charge is 0.489 e. The van der Waals surface area contributed by atoms with Crippen molar-refractivity contribution in [3.8, 4) is 5.75 Å². The van der Waals surface area contributed by atoms with Gasteiger partial charge in [-0.25, -0.2) is 9.59 Å². The van der Waals surface area contributed by atoms with Crippen LogP contribution in [0.4, 0.5) is 5.69 Å². The van der Waals surface area contributed by atoms with E-state index in [-0.39, 0.29) is 12.3 Å². The van der Waals surface area contributed by atoms with Crippen molar-refractivity contribution >= 4 is 34.5 Å². The van der Waals surface area contributed by atoms with E-state index in [1.807, 2.05) is 31.2 Å². The van der Waals surface area contributed by atoms with Crippen molar-refractivity contribution in [2.24, 2.45) is 0 Å². The molecule has 0 aliphatic carbocycles. The molecule has 0 spiro atoms. The lowest BCUT2D eigenvalue weighted by atomic mass is 10.1. The highest BCUT2D eigenvalue weighted by Crippen LogP contribution is 2.30. The summed E-state index contributed by atoms with van der Waals surface area (Å²) in [5, 5.41) is 11.4. The summed E-state index contributed by atoms with van der Waals surface area (Å²) in [4.78, 5) is 35.0. The molecular weight excluding hydrogens is 462 g/mol. The zero-order valence-corrected chi connectivity index (χ0v) is 19.1. The number of benzene rings is 3. The quantitative estimate of drug-likeness (QED) is 0.116. The Bertz CT molecular complexity index is 1610. The van der Waals surface area contributed by atoms with E-state index >= 15 is 0 Å². The van der Waals surface area contributed by atoms with E-state index in [0.29, 0.717) is 33.6 Å². The number of hydrogen-bond donors (Lipinski definition) is 0. The fraction of sp³-hybridized carbons (Fsp3) is 0.0714. The van der Waals surface area contributed by atoms with Gasteiger partial charge in [-0.15, -0.1) is 0 Å². The highest BCUT2D eigenvalue weighted by molar-refractivity contribution is 6.06. The van der Waals surface area contributed by atoms with Gasteiger partial charge in [-0.2, -0.15) is 0 Å². The summed E-state index contributed by atoms with van der Waals surface area (Å²) in [6.45, 7) is 2.15. The summed E-state index contributed by atoms with van der Waals surface area (Å²) in [6, 6.07) is 20.0. The van der Waals surface area contributed by atoms with E-state index in [4.69, 9.17) is 13.9 Å². The number of carbonyl (C=O) groups excluding carboxylic acids is 1. The second kappa shape index (κ2) is 9.34. The summed E-state index contributed by atoms with van der Waals surface area (Å²) in [5.41, 5.74) is 3.17. The van der Waals surface area contributed by atoms with Gasteiger partial charge in [-0.1, -0.05) is 29.8 Å². The number of hydrogen-bond acceptors (Lipinski definition) is 7. The molecule has 36 heavy (non-hydrogen) atoms. The van der Waals surface area contributed by atoms with Crippen LogP contribution in [0, 0.1) is 17.0 Å².